The number of methoxy groups -OCH3 is 1. The van der Waals surface area contributed by atoms with Gasteiger partial charge in [0.1, 0.15) is 5.75 Å². The van der Waals surface area contributed by atoms with Gasteiger partial charge in [-0.3, -0.25) is 4.79 Å². The van der Waals surface area contributed by atoms with Crippen molar-refractivity contribution in [2.24, 2.45) is 0 Å². The molecule has 116 valence electrons. The Kier molecular flexibility index (Phi) is 7.71. The van der Waals surface area contributed by atoms with Crippen LogP contribution in [0.1, 0.15) is 31.2 Å². The molecule has 6 heteroatoms. The molecule has 0 bridgehead atoms. The van der Waals surface area contributed by atoms with E-state index in [1.807, 2.05) is 24.3 Å². The van der Waals surface area contributed by atoms with E-state index in [1.165, 1.54) is 0 Å². The molecule has 0 aliphatic carbocycles. The Hall–Kier alpha value is -2.24. The third-order valence-electron chi connectivity index (χ3n) is 2.97. The molecule has 0 fully saturated rings. The summed E-state index contributed by atoms with van der Waals surface area (Å²) in [7, 11) is 1.61. The van der Waals surface area contributed by atoms with E-state index < -0.39 is 5.97 Å². The Morgan fingerprint density at radius 3 is 2.43 bits per heavy atom. The minimum absolute atomic E-state index is 0.184. The highest BCUT2D eigenvalue weighted by Gasteiger charge is 2.01. The van der Waals surface area contributed by atoms with Gasteiger partial charge in [-0.1, -0.05) is 18.6 Å². The monoisotopic (exact) mass is 294 g/mol. The number of aliphatic carboxylic acids is 1. The van der Waals surface area contributed by atoms with Crippen molar-refractivity contribution in [2.75, 3.05) is 13.7 Å². The number of unbranched alkanes of at least 4 members (excludes halogenated alkanes) is 2. The van der Waals surface area contributed by atoms with Crippen LogP contribution >= 0.6 is 0 Å². The Labute approximate surface area is 124 Å². The molecule has 0 spiro atoms. The van der Waals surface area contributed by atoms with E-state index in [0.717, 1.165) is 24.2 Å². The number of hydrogen-bond acceptors (Lipinski definition) is 3. The summed E-state index contributed by atoms with van der Waals surface area (Å²) in [5.41, 5.74) is 0.993. The summed E-state index contributed by atoms with van der Waals surface area (Å²) in [6, 6.07) is 7.26. The van der Waals surface area contributed by atoms with E-state index in [4.69, 9.17) is 9.84 Å². The van der Waals surface area contributed by atoms with Crippen LogP contribution in [0.25, 0.3) is 0 Å². The number of carboxylic acids is 1. The maximum atomic E-state index is 11.5. The number of ether oxygens (including phenoxy) is 1. The molecule has 0 radical (unpaired) electrons. The van der Waals surface area contributed by atoms with E-state index in [1.54, 1.807) is 7.11 Å². The van der Waals surface area contributed by atoms with Gasteiger partial charge in [-0.05, 0) is 30.5 Å². The molecule has 3 N–H and O–H groups in total. The molecule has 0 aliphatic heterocycles. The van der Waals surface area contributed by atoms with Gasteiger partial charge in [0.25, 0.3) is 0 Å². The van der Waals surface area contributed by atoms with E-state index in [2.05, 4.69) is 10.6 Å². The first-order valence-corrected chi connectivity index (χ1v) is 6.98. The largest absolute Gasteiger partial charge is 0.497 e. The van der Waals surface area contributed by atoms with E-state index in [9.17, 15) is 9.59 Å². The van der Waals surface area contributed by atoms with Crippen LogP contribution in [0.15, 0.2) is 24.3 Å². The Morgan fingerprint density at radius 2 is 1.81 bits per heavy atom. The highest BCUT2D eigenvalue weighted by Crippen LogP contribution is 2.10. The molecule has 0 saturated carbocycles. The summed E-state index contributed by atoms with van der Waals surface area (Å²) in [6.45, 7) is 1.00. The zero-order chi connectivity index (χ0) is 15.5. The quantitative estimate of drug-likeness (QED) is 0.609. The number of amides is 2. The van der Waals surface area contributed by atoms with Crippen molar-refractivity contribution in [3.8, 4) is 5.75 Å². The molecule has 2 amide bonds. The average Bonchev–Trinajstić information content (AvgIpc) is 2.49. The van der Waals surface area contributed by atoms with Gasteiger partial charge in [-0.2, -0.15) is 0 Å². The van der Waals surface area contributed by atoms with Crippen molar-refractivity contribution in [3.05, 3.63) is 29.8 Å². The van der Waals surface area contributed by atoms with E-state index in [0.29, 0.717) is 19.5 Å². The molecule has 1 aromatic rings. The minimum atomic E-state index is -0.778. The molecule has 0 atom stereocenters. The number of benzene rings is 1. The second-order valence-corrected chi connectivity index (χ2v) is 4.66. The lowest BCUT2D eigenvalue weighted by Crippen LogP contribution is -2.35. The minimum Gasteiger partial charge on any atom is -0.497 e. The van der Waals surface area contributed by atoms with Crippen molar-refractivity contribution in [2.45, 2.75) is 32.2 Å². The molecular formula is C15H22N2O4. The van der Waals surface area contributed by atoms with Crippen LogP contribution in [0.3, 0.4) is 0 Å². The molecule has 0 unspecified atom stereocenters. The predicted octanol–water partition coefficient (Wildman–Crippen LogP) is 2.14. The molecule has 0 saturated heterocycles. The second kappa shape index (κ2) is 9.63. The number of urea groups is 1. The summed E-state index contributed by atoms with van der Waals surface area (Å²) < 4.78 is 5.06. The molecule has 0 aromatic heterocycles. The van der Waals surface area contributed by atoms with Crippen LogP contribution in [0.2, 0.25) is 0 Å². The second-order valence-electron chi connectivity index (χ2n) is 4.66. The topological polar surface area (TPSA) is 87.7 Å². The van der Waals surface area contributed by atoms with Gasteiger partial charge in [0, 0.05) is 19.5 Å². The molecule has 21 heavy (non-hydrogen) atoms. The first-order valence-electron chi connectivity index (χ1n) is 6.98. The molecule has 6 nitrogen and oxygen atoms in total. The maximum absolute atomic E-state index is 11.5. The van der Waals surface area contributed by atoms with Crippen molar-refractivity contribution in [1.82, 2.24) is 10.6 Å². The lowest BCUT2D eigenvalue weighted by atomic mass is 10.2. The first-order chi connectivity index (χ1) is 10.1. The van der Waals surface area contributed by atoms with Gasteiger partial charge in [-0.15, -0.1) is 0 Å². The standard InChI is InChI=1S/C15H22N2O4/c1-21-13-8-6-12(7-9-13)11-17-15(20)16-10-4-2-3-5-14(18)19/h6-9H,2-5,10-11H2,1H3,(H,18,19)(H2,16,17,20). The Bertz CT molecular complexity index is 445. The van der Waals surface area contributed by atoms with Crippen molar-refractivity contribution in [3.63, 3.8) is 0 Å². The summed E-state index contributed by atoms with van der Waals surface area (Å²) in [4.78, 5) is 21.9. The fourth-order valence-electron chi connectivity index (χ4n) is 1.77. The fourth-order valence-corrected chi connectivity index (χ4v) is 1.77. The lowest BCUT2D eigenvalue weighted by molar-refractivity contribution is -0.137. The van der Waals surface area contributed by atoms with E-state index in [-0.39, 0.29) is 12.5 Å². The van der Waals surface area contributed by atoms with Crippen molar-refractivity contribution >= 4 is 12.0 Å². The van der Waals surface area contributed by atoms with Gasteiger partial charge < -0.3 is 20.5 Å². The molecule has 1 aromatic carbocycles. The van der Waals surface area contributed by atoms with Gasteiger partial charge in [-0.25, -0.2) is 4.79 Å². The van der Waals surface area contributed by atoms with Gasteiger partial charge in [0.2, 0.25) is 0 Å². The molecule has 0 aliphatic rings. The first kappa shape index (κ1) is 16.8. The Morgan fingerprint density at radius 1 is 1.10 bits per heavy atom. The summed E-state index contributed by atoms with van der Waals surface area (Å²) in [5.74, 6) is 0.00440. The number of rotatable bonds is 9. The molecule has 0 heterocycles. The van der Waals surface area contributed by atoms with Crippen LogP contribution in [-0.4, -0.2) is 30.8 Å². The number of carbonyl (C=O) groups is 2. The van der Waals surface area contributed by atoms with Crippen LogP contribution in [0.4, 0.5) is 4.79 Å². The molecule has 1 rings (SSSR count). The van der Waals surface area contributed by atoms with Crippen LogP contribution in [0.5, 0.6) is 5.75 Å². The lowest BCUT2D eigenvalue weighted by Gasteiger charge is -2.08. The highest BCUT2D eigenvalue weighted by atomic mass is 16.5. The van der Waals surface area contributed by atoms with Crippen LogP contribution < -0.4 is 15.4 Å². The zero-order valence-electron chi connectivity index (χ0n) is 12.2. The van der Waals surface area contributed by atoms with Crippen molar-refractivity contribution < 1.29 is 19.4 Å². The maximum Gasteiger partial charge on any atom is 0.315 e. The number of carbonyl (C=O) groups excluding carboxylic acids is 1. The highest BCUT2D eigenvalue weighted by molar-refractivity contribution is 5.73. The van der Waals surface area contributed by atoms with Gasteiger partial charge >= 0.3 is 12.0 Å². The summed E-state index contributed by atoms with van der Waals surface area (Å²) in [6.07, 6.45) is 2.41. The normalized spacial score (nSPS) is 9.95. The van der Waals surface area contributed by atoms with E-state index >= 15 is 0 Å². The SMILES string of the molecule is COc1ccc(CNC(=O)NCCCCCC(=O)O)cc1. The zero-order valence-corrected chi connectivity index (χ0v) is 12.2. The van der Waals surface area contributed by atoms with Gasteiger partial charge in [0.05, 0.1) is 7.11 Å². The molecular weight excluding hydrogens is 272 g/mol. The summed E-state index contributed by atoms with van der Waals surface area (Å²) in [5, 5.41) is 14.0. The van der Waals surface area contributed by atoms with Gasteiger partial charge in [0.15, 0.2) is 0 Å². The average molecular weight is 294 g/mol. The summed E-state index contributed by atoms with van der Waals surface area (Å²) >= 11 is 0. The van der Waals surface area contributed by atoms with Crippen LogP contribution in [-0.2, 0) is 11.3 Å². The number of hydrogen-bond donors (Lipinski definition) is 3. The fraction of sp³-hybridized carbons (Fsp3) is 0.467. The van der Waals surface area contributed by atoms with Crippen LogP contribution in [0, 0.1) is 0 Å². The Balaban J connectivity index is 2.09. The number of nitrogens with one attached hydrogen (secondary N) is 2. The third kappa shape index (κ3) is 7.81. The predicted molar refractivity (Wildman–Crippen MR) is 79.3 cm³/mol. The van der Waals surface area contributed by atoms with Crippen molar-refractivity contribution in [1.29, 1.82) is 0 Å². The third-order valence-corrected chi connectivity index (χ3v) is 2.97. The smallest absolute Gasteiger partial charge is 0.315 e. The number of carboxylic acid groups (broad SMARTS) is 1.